The fraction of sp³-hybridized carbons (Fsp3) is 0.429. The number of hydrogen-bond acceptors (Lipinski definition) is 5. The highest BCUT2D eigenvalue weighted by atomic mass is 32.2. The molecular weight excluding hydrogens is 424 g/mol. The summed E-state index contributed by atoms with van der Waals surface area (Å²) in [6.45, 7) is 4.98. The molecule has 1 fully saturated rings. The first-order valence-electron chi connectivity index (χ1n) is 9.79. The third kappa shape index (κ3) is 4.33. The van der Waals surface area contributed by atoms with Gasteiger partial charge in [0.05, 0.1) is 22.6 Å². The van der Waals surface area contributed by atoms with Crippen LogP contribution >= 0.6 is 0 Å². The lowest BCUT2D eigenvalue weighted by molar-refractivity contribution is 0.222. The van der Waals surface area contributed by atoms with E-state index in [1.54, 1.807) is 18.2 Å². The van der Waals surface area contributed by atoms with E-state index in [1.807, 2.05) is 13.8 Å². The van der Waals surface area contributed by atoms with Gasteiger partial charge in [-0.15, -0.1) is 0 Å². The summed E-state index contributed by atoms with van der Waals surface area (Å²) in [5.41, 5.74) is 0.167. The molecule has 1 heterocycles. The summed E-state index contributed by atoms with van der Waals surface area (Å²) < 4.78 is 60.6. The Morgan fingerprint density at radius 3 is 2.10 bits per heavy atom. The molecule has 0 aliphatic carbocycles. The molecule has 3 rings (SSSR count). The van der Waals surface area contributed by atoms with Crippen LogP contribution in [0, 0.1) is 11.8 Å². The van der Waals surface area contributed by atoms with Crippen molar-refractivity contribution in [2.24, 2.45) is 11.8 Å². The molecular formula is C21H28N2O5S2. The highest BCUT2D eigenvalue weighted by molar-refractivity contribution is 7.92. The van der Waals surface area contributed by atoms with Crippen molar-refractivity contribution < 1.29 is 21.6 Å². The second-order valence-electron chi connectivity index (χ2n) is 7.89. The van der Waals surface area contributed by atoms with Gasteiger partial charge in [0.25, 0.3) is 10.0 Å². The molecule has 0 radical (unpaired) electrons. The van der Waals surface area contributed by atoms with Crippen LogP contribution in [-0.4, -0.2) is 48.4 Å². The maximum absolute atomic E-state index is 13.3. The van der Waals surface area contributed by atoms with Crippen molar-refractivity contribution in [1.82, 2.24) is 4.31 Å². The van der Waals surface area contributed by atoms with Crippen molar-refractivity contribution in [2.75, 3.05) is 31.6 Å². The molecule has 164 valence electrons. The zero-order valence-electron chi connectivity index (χ0n) is 17.6. The van der Waals surface area contributed by atoms with Crippen LogP contribution < -0.4 is 9.04 Å². The number of sulfonamides is 2. The number of nitrogens with zero attached hydrogens (tertiary/aromatic N) is 2. The van der Waals surface area contributed by atoms with Crippen LogP contribution in [0.2, 0.25) is 0 Å². The second kappa shape index (κ2) is 8.56. The smallest absolute Gasteiger partial charge is 0.264 e. The molecule has 0 spiro atoms. The van der Waals surface area contributed by atoms with Gasteiger partial charge in [-0.25, -0.2) is 16.8 Å². The van der Waals surface area contributed by atoms with Crippen molar-refractivity contribution >= 4 is 25.7 Å². The Balaban J connectivity index is 2.04. The maximum atomic E-state index is 13.3. The van der Waals surface area contributed by atoms with E-state index in [0.717, 1.165) is 10.7 Å². The minimum Gasteiger partial charge on any atom is -0.495 e. The van der Waals surface area contributed by atoms with E-state index in [1.165, 1.54) is 48.8 Å². The fourth-order valence-corrected chi connectivity index (χ4v) is 6.83. The van der Waals surface area contributed by atoms with Crippen molar-refractivity contribution in [3.63, 3.8) is 0 Å². The molecule has 0 saturated carbocycles. The molecule has 2 aromatic rings. The summed E-state index contributed by atoms with van der Waals surface area (Å²) >= 11 is 0. The lowest BCUT2D eigenvalue weighted by Gasteiger charge is -2.34. The van der Waals surface area contributed by atoms with E-state index in [-0.39, 0.29) is 33.1 Å². The van der Waals surface area contributed by atoms with Crippen LogP contribution in [0.25, 0.3) is 0 Å². The van der Waals surface area contributed by atoms with Crippen molar-refractivity contribution in [1.29, 1.82) is 0 Å². The number of rotatable bonds is 6. The average molecular weight is 453 g/mol. The van der Waals surface area contributed by atoms with Crippen molar-refractivity contribution in [3.8, 4) is 5.75 Å². The van der Waals surface area contributed by atoms with Crippen LogP contribution in [0.1, 0.15) is 20.3 Å². The summed E-state index contributed by atoms with van der Waals surface area (Å²) in [6.07, 6.45) is 0.984. The number of methoxy groups -OCH3 is 1. The molecule has 2 aromatic carbocycles. The van der Waals surface area contributed by atoms with Crippen LogP contribution in [0.3, 0.4) is 0 Å². The van der Waals surface area contributed by atoms with Crippen LogP contribution in [0.15, 0.2) is 58.3 Å². The molecule has 1 saturated heterocycles. The first-order chi connectivity index (χ1) is 14.1. The number of benzene rings is 2. The maximum Gasteiger partial charge on any atom is 0.264 e. The molecule has 0 N–H and O–H groups in total. The van der Waals surface area contributed by atoms with Gasteiger partial charge in [0.1, 0.15) is 5.75 Å². The first kappa shape index (κ1) is 22.6. The Hall–Kier alpha value is -2.10. The summed E-state index contributed by atoms with van der Waals surface area (Å²) in [7, 11) is -4.84. The molecule has 0 aromatic heterocycles. The quantitative estimate of drug-likeness (QED) is 0.672. The largest absolute Gasteiger partial charge is 0.495 e. The standard InChI is InChI=1S/C21H28N2O5S2/c1-16-12-17(2)15-23(14-16)30(26,27)19-10-11-21(28-4)20(13-19)22(3)29(24,25)18-8-6-5-7-9-18/h5-11,13,16-17H,12,14-15H2,1-4H3/t16-,17-/m0/s1. The monoisotopic (exact) mass is 452 g/mol. The van der Waals surface area contributed by atoms with E-state index >= 15 is 0 Å². The van der Waals surface area contributed by atoms with E-state index in [2.05, 4.69) is 0 Å². The van der Waals surface area contributed by atoms with E-state index < -0.39 is 20.0 Å². The molecule has 1 aliphatic heterocycles. The van der Waals surface area contributed by atoms with Gasteiger partial charge in [-0.05, 0) is 48.6 Å². The minimum absolute atomic E-state index is 0.0507. The van der Waals surface area contributed by atoms with Gasteiger partial charge in [-0.1, -0.05) is 32.0 Å². The van der Waals surface area contributed by atoms with Crippen LogP contribution in [0.5, 0.6) is 5.75 Å². The molecule has 1 aliphatic rings. The molecule has 9 heteroatoms. The predicted molar refractivity (Wildman–Crippen MR) is 117 cm³/mol. The van der Waals surface area contributed by atoms with Gasteiger partial charge in [-0.3, -0.25) is 4.31 Å². The van der Waals surface area contributed by atoms with E-state index in [4.69, 9.17) is 4.74 Å². The molecule has 0 bridgehead atoms. The van der Waals surface area contributed by atoms with Gasteiger partial charge in [0.2, 0.25) is 10.0 Å². The Morgan fingerprint density at radius 1 is 0.933 bits per heavy atom. The second-order valence-corrected chi connectivity index (χ2v) is 11.8. The number of piperidine rings is 1. The first-order valence-corrected chi connectivity index (χ1v) is 12.7. The number of anilines is 1. The third-order valence-electron chi connectivity index (χ3n) is 5.36. The number of hydrogen-bond donors (Lipinski definition) is 0. The molecule has 0 unspecified atom stereocenters. The fourth-order valence-electron chi connectivity index (χ4n) is 3.91. The summed E-state index contributed by atoms with van der Waals surface area (Å²) in [5.74, 6) is 0.807. The molecule has 2 atom stereocenters. The van der Waals surface area contributed by atoms with Crippen molar-refractivity contribution in [3.05, 3.63) is 48.5 Å². The topological polar surface area (TPSA) is 84.0 Å². The van der Waals surface area contributed by atoms with Gasteiger partial charge in [0.15, 0.2) is 0 Å². The van der Waals surface area contributed by atoms with Gasteiger partial charge in [0, 0.05) is 20.1 Å². The van der Waals surface area contributed by atoms with Gasteiger partial charge >= 0.3 is 0 Å². The Bertz CT molecular complexity index is 1090. The zero-order valence-corrected chi connectivity index (χ0v) is 19.3. The van der Waals surface area contributed by atoms with Gasteiger partial charge in [-0.2, -0.15) is 4.31 Å². The third-order valence-corrected chi connectivity index (χ3v) is 8.98. The normalized spacial score (nSPS) is 20.7. The minimum atomic E-state index is -3.88. The van der Waals surface area contributed by atoms with E-state index in [0.29, 0.717) is 13.1 Å². The highest BCUT2D eigenvalue weighted by Gasteiger charge is 2.33. The van der Waals surface area contributed by atoms with Crippen LogP contribution in [-0.2, 0) is 20.0 Å². The Labute approximate surface area is 179 Å². The molecule has 7 nitrogen and oxygen atoms in total. The van der Waals surface area contributed by atoms with Crippen molar-refractivity contribution in [2.45, 2.75) is 30.1 Å². The summed E-state index contributed by atoms with van der Waals surface area (Å²) in [4.78, 5) is 0.163. The zero-order chi connectivity index (χ0) is 22.1. The van der Waals surface area contributed by atoms with Gasteiger partial charge < -0.3 is 4.74 Å². The SMILES string of the molecule is COc1ccc(S(=O)(=O)N2C[C@@H](C)C[C@H](C)C2)cc1N(C)S(=O)(=O)c1ccccc1. The summed E-state index contributed by atoms with van der Waals surface area (Å²) in [6, 6.07) is 12.3. The summed E-state index contributed by atoms with van der Waals surface area (Å²) in [5, 5.41) is 0. The predicted octanol–water partition coefficient (Wildman–Crippen LogP) is 3.19. The average Bonchev–Trinajstić information content (AvgIpc) is 2.72. The highest BCUT2D eigenvalue weighted by Crippen LogP contribution is 2.35. The molecule has 0 amide bonds. The number of ether oxygens (including phenoxy) is 1. The van der Waals surface area contributed by atoms with E-state index in [9.17, 15) is 16.8 Å². The lowest BCUT2D eigenvalue weighted by atomic mass is 9.94. The Kier molecular flexibility index (Phi) is 6.45. The lowest BCUT2D eigenvalue weighted by Crippen LogP contribution is -2.42. The molecule has 30 heavy (non-hydrogen) atoms. The van der Waals surface area contributed by atoms with Crippen LogP contribution in [0.4, 0.5) is 5.69 Å². The Morgan fingerprint density at radius 2 is 1.53 bits per heavy atom.